The highest BCUT2D eigenvalue weighted by Gasteiger charge is 2.27. The highest BCUT2D eigenvalue weighted by Crippen LogP contribution is 2.41. The molecule has 1 unspecified atom stereocenters. The molecule has 1 heterocycles. The fraction of sp³-hybridized carbons (Fsp3) is 0.471. The number of methoxy groups -OCH3 is 2. The molecule has 1 aliphatic rings. The predicted molar refractivity (Wildman–Crippen MR) is 97.6 cm³/mol. The van der Waals surface area contributed by atoms with Gasteiger partial charge < -0.3 is 19.5 Å². The van der Waals surface area contributed by atoms with Gasteiger partial charge >= 0.3 is 0 Å². The minimum Gasteiger partial charge on any atom is -0.489 e. The van der Waals surface area contributed by atoms with Gasteiger partial charge in [0, 0.05) is 38.7 Å². The minimum atomic E-state index is -0.312. The van der Waals surface area contributed by atoms with Gasteiger partial charge in [0.15, 0.2) is 6.29 Å². The van der Waals surface area contributed by atoms with Crippen molar-refractivity contribution in [2.75, 3.05) is 33.9 Å². The Balaban J connectivity index is 2.08. The van der Waals surface area contributed by atoms with Crippen LogP contribution in [0.3, 0.4) is 0 Å². The number of ether oxygens (including phenoxy) is 3. The van der Waals surface area contributed by atoms with Crippen molar-refractivity contribution in [2.45, 2.75) is 18.6 Å². The normalized spacial score (nSPS) is 17.0. The molecule has 2 rings (SSSR count). The highest BCUT2D eigenvalue weighted by atomic mass is 35.5. The van der Waals surface area contributed by atoms with Gasteiger partial charge in [0.05, 0.1) is 22.4 Å². The third-order valence-corrected chi connectivity index (χ3v) is 4.62. The van der Waals surface area contributed by atoms with E-state index in [1.807, 2.05) is 6.07 Å². The van der Waals surface area contributed by atoms with Crippen LogP contribution in [0.2, 0.25) is 10.0 Å². The molecule has 1 N–H and O–H groups in total. The van der Waals surface area contributed by atoms with Gasteiger partial charge in [-0.25, -0.2) is 0 Å². The molecule has 0 aromatic heterocycles. The Hall–Kier alpha value is -1.27. The molecule has 0 aliphatic carbocycles. The number of nitrogens with zero attached hydrogens (tertiary/aromatic N) is 1. The van der Waals surface area contributed by atoms with Gasteiger partial charge in [-0.1, -0.05) is 35.9 Å². The first-order chi connectivity index (χ1) is 11.6. The van der Waals surface area contributed by atoms with E-state index in [1.54, 1.807) is 26.4 Å². The molecule has 0 saturated heterocycles. The summed E-state index contributed by atoms with van der Waals surface area (Å²) in [6, 6.07) is 3.58. The lowest BCUT2D eigenvalue weighted by Crippen LogP contribution is -2.33. The van der Waals surface area contributed by atoms with Crippen molar-refractivity contribution in [1.82, 2.24) is 5.32 Å². The van der Waals surface area contributed by atoms with E-state index in [1.165, 1.54) is 0 Å². The van der Waals surface area contributed by atoms with Crippen molar-refractivity contribution in [1.29, 1.82) is 0 Å². The number of hydrogen-bond acceptors (Lipinski definition) is 5. The molecule has 0 spiro atoms. The maximum absolute atomic E-state index is 6.43. The van der Waals surface area contributed by atoms with Crippen molar-refractivity contribution >= 4 is 29.0 Å². The SMILES string of the molecule is C=CCOc1ccc(Cl)c(Cl)c1C1CN=C(NCC(OC)OC)C1. The second kappa shape index (κ2) is 9.28. The second-order valence-corrected chi connectivity index (χ2v) is 6.13. The molecule has 7 heteroatoms. The van der Waals surface area contributed by atoms with Crippen LogP contribution < -0.4 is 10.1 Å². The van der Waals surface area contributed by atoms with Crippen molar-refractivity contribution < 1.29 is 14.2 Å². The Kier molecular flexibility index (Phi) is 7.37. The third kappa shape index (κ3) is 4.63. The van der Waals surface area contributed by atoms with E-state index in [2.05, 4.69) is 16.9 Å². The van der Waals surface area contributed by atoms with Crippen molar-refractivity contribution in [3.05, 3.63) is 40.4 Å². The Morgan fingerprint density at radius 1 is 1.38 bits per heavy atom. The van der Waals surface area contributed by atoms with Gasteiger partial charge in [0.25, 0.3) is 0 Å². The summed E-state index contributed by atoms with van der Waals surface area (Å²) in [6.45, 7) is 5.23. The summed E-state index contributed by atoms with van der Waals surface area (Å²) in [5.74, 6) is 1.73. The molecule has 0 bridgehead atoms. The van der Waals surface area contributed by atoms with E-state index in [4.69, 9.17) is 37.4 Å². The number of aliphatic imine (C=N–C) groups is 1. The zero-order valence-electron chi connectivity index (χ0n) is 13.9. The monoisotopic (exact) mass is 372 g/mol. The molecule has 1 atom stereocenters. The van der Waals surface area contributed by atoms with Crippen LogP contribution in [0, 0.1) is 0 Å². The first kappa shape index (κ1) is 19.1. The lowest BCUT2D eigenvalue weighted by atomic mass is 9.96. The van der Waals surface area contributed by atoms with Crippen LogP contribution in [0.25, 0.3) is 0 Å². The van der Waals surface area contributed by atoms with Crippen molar-refractivity contribution in [2.24, 2.45) is 4.99 Å². The lowest BCUT2D eigenvalue weighted by Gasteiger charge is -2.18. The van der Waals surface area contributed by atoms with Crippen LogP contribution in [0.15, 0.2) is 29.8 Å². The van der Waals surface area contributed by atoms with Gasteiger partial charge in [-0.05, 0) is 12.1 Å². The summed E-state index contributed by atoms with van der Waals surface area (Å²) in [7, 11) is 3.20. The average Bonchev–Trinajstić information content (AvgIpc) is 3.05. The highest BCUT2D eigenvalue weighted by molar-refractivity contribution is 6.42. The molecule has 24 heavy (non-hydrogen) atoms. The van der Waals surface area contributed by atoms with Crippen molar-refractivity contribution in [3.8, 4) is 5.75 Å². The number of rotatable bonds is 8. The van der Waals surface area contributed by atoms with Crippen LogP contribution in [-0.2, 0) is 9.47 Å². The lowest BCUT2D eigenvalue weighted by molar-refractivity contribution is -0.0965. The largest absolute Gasteiger partial charge is 0.489 e. The zero-order chi connectivity index (χ0) is 17.5. The average molecular weight is 373 g/mol. The first-order valence-electron chi connectivity index (χ1n) is 7.65. The van der Waals surface area contributed by atoms with Crippen LogP contribution in [0.5, 0.6) is 5.75 Å². The molecule has 132 valence electrons. The molecular weight excluding hydrogens is 351 g/mol. The maximum atomic E-state index is 6.43. The number of hydrogen-bond donors (Lipinski definition) is 1. The van der Waals surface area contributed by atoms with Crippen LogP contribution >= 0.6 is 23.2 Å². The summed E-state index contributed by atoms with van der Waals surface area (Å²) in [4.78, 5) is 4.54. The van der Waals surface area contributed by atoms with E-state index in [-0.39, 0.29) is 12.2 Å². The summed E-state index contributed by atoms with van der Waals surface area (Å²) in [5.41, 5.74) is 0.890. The zero-order valence-corrected chi connectivity index (χ0v) is 15.4. The molecule has 1 aliphatic heterocycles. The van der Waals surface area contributed by atoms with Gasteiger partial charge in [-0.15, -0.1) is 0 Å². The standard InChI is InChI=1S/C17H22Cl2N2O3/c1-4-7-24-13-6-5-12(18)17(19)16(13)11-8-14(20-9-11)21-10-15(22-2)23-3/h4-6,11,15H,1,7-10H2,2-3H3,(H,20,21). The van der Waals surface area contributed by atoms with Gasteiger partial charge in [0.1, 0.15) is 12.4 Å². The second-order valence-electron chi connectivity index (χ2n) is 5.34. The minimum absolute atomic E-state index is 0.113. The third-order valence-electron chi connectivity index (χ3n) is 3.80. The summed E-state index contributed by atoms with van der Waals surface area (Å²) < 4.78 is 16.1. The van der Waals surface area contributed by atoms with E-state index in [0.29, 0.717) is 29.7 Å². The molecule has 1 aromatic rings. The van der Waals surface area contributed by atoms with E-state index in [0.717, 1.165) is 23.6 Å². The van der Waals surface area contributed by atoms with Crippen LogP contribution in [-0.4, -0.2) is 46.0 Å². The molecule has 0 fully saturated rings. The molecule has 0 amide bonds. The summed E-state index contributed by atoms with van der Waals surface area (Å²) in [6.07, 6.45) is 2.11. The smallest absolute Gasteiger partial charge is 0.173 e. The Morgan fingerprint density at radius 3 is 2.79 bits per heavy atom. The summed E-state index contributed by atoms with van der Waals surface area (Å²) in [5, 5.41) is 4.28. The topological polar surface area (TPSA) is 52.1 Å². The quantitative estimate of drug-likeness (QED) is 0.558. The number of amidine groups is 1. The molecule has 5 nitrogen and oxygen atoms in total. The fourth-order valence-electron chi connectivity index (χ4n) is 2.57. The predicted octanol–water partition coefficient (Wildman–Crippen LogP) is 3.65. The number of halogens is 2. The molecule has 0 saturated carbocycles. The Morgan fingerprint density at radius 2 is 2.12 bits per heavy atom. The maximum Gasteiger partial charge on any atom is 0.173 e. The van der Waals surface area contributed by atoms with Gasteiger partial charge in [-0.3, -0.25) is 4.99 Å². The van der Waals surface area contributed by atoms with E-state index in [9.17, 15) is 0 Å². The van der Waals surface area contributed by atoms with Crippen molar-refractivity contribution in [3.63, 3.8) is 0 Å². The molecule has 0 radical (unpaired) electrons. The molecular formula is C17H22Cl2N2O3. The molecule has 1 aromatic carbocycles. The van der Waals surface area contributed by atoms with E-state index >= 15 is 0 Å². The fourth-order valence-corrected chi connectivity index (χ4v) is 3.05. The number of nitrogens with one attached hydrogen (secondary N) is 1. The van der Waals surface area contributed by atoms with E-state index < -0.39 is 0 Å². The van der Waals surface area contributed by atoms with Gasteiger partial charge in [-0.2, -0.15) is 0 Å². The Labute approximate surface area is 152 Å². The van der Waals surface area contributed by atoms with Gasteiger partial charge in [0.2, 0.25) is 0 Å². The van der Waals surface area contributed by atoms with Crippen LogP contribution in [0.1, 0.15) is 17.9 Å². The summed E-state index contributed by atoms with van der Waals surface area (Å²) >= 11 is 12.6. The van der Waals surface area contributed by atoms with Crippen LogP contribution in [0.4, 0.5) is 0 Å². The first-order valence-corrected chi connectivity index (χ1v) is 8.40. The Bertz CT molecular complexity index is 604. The number of benzene rings is 1.